The molecule has 1 saturated carbocycles. The number of alkyl halides is 3. The average Bonchev–Trinajstić information content (AvgIpc) is 3.25. The van der Waals surface area contributed by atoms with E-state index in [1.165, 1.54) is 12.3 Å². The number of nitrogens with one attached hydrogen (secondary N) is 1. The molecule has 3 aromatic heterocycles. The van der Waals surface area contributed by atoms with E-state index in [9.17, 15) is 22.8 Å². The van der Waals surface area contributed by atoms with Crippen LogP contribution in [-0.2, 0) is 11.6 Å². The molecule has 0 spiro atoms. The molecule has 4 rings (SSSR count). The summed E-state index contributed by atoms with van der Waals surface area (Å²) in [5.41, 5.74) is -1.39. The molecular weight excluding hydrogens is 443 g/mol. The first-order valence-corrected chi connectivity index (χ1v) is 10.9. The van der Waals surface area contributed by atoms with Gasteiger partial charge in [0.25, 0.3) is 11.5 Å². The third-order valence-corrected chi connectivity index (χ3v) is 6.69. The van der Waals surface area contributed by atoms with Gasteiger partial charge in [-0.15, -0.1) is 0 Å². The number of carbonyl (C=O) groups excluding carboxylic acids is 1. The minimum Gasteiger partial charge on any atom is -0.350 e. The Morgan fingerprint density at radius 1 is 1.16 bits per heavy atom. The third kappa shape index (κ3) is 4.43. The van der Waals surface area contributed by atoms with Gasteiger partial charge in [-0.2, -0.15) is 23.0 Å². The highest BCUT2D eigenvalue weighted by Crippen LogP contribution is 2.39. The van der Waals surface area contributed by atoms with E-state index < -0.39 is 28.2 Å². The smallest absolute Gasteiger partial charge is 0.350 e. The fraction of sp³-hybridized carbons (Fsp3) is 0.381. The molecule has 3 heterocycles. The molecule has 32 heavy (non-hydrogen) atoms. The summed E-state index contributed by atoms with van der Waals surface area (Å²) in [6, 6.07) is 6.27. The van der Waals surface area contributed by atoms with Crippen molar-refractivity contribution in [1.82, 2.24) is 25.1 Å². The van der Waals surface area contributed by atoms with E-state index in [0.29, 0.717) is 11.3 Å². The van der Waals surface area contributed by atoms with Gasteiger partial charge in [0, 0.05) is 36.6 Å². The molecule has 0 bridgehead atoms. The van der Waals surface area contributed by atoms with Crippen LogP contribution >= 0.6 is 11.3 Å². The molecule has 0 atom stereocenters. The van der Waals surface area contributed by atoms with E-state index in [1.807, 2.05) is 12.1 Å². The normalized spacial score (nSPS) is 16.0. The molecule has 0 saturated heterocycles. The van der Waals surface area contributed by atoms with Crippen LogP contribution in [0.25, 0.3) is 5.13 Å². The molecular formula is C21H20F3N5O2S. The largest absolute Gasteiger partial charge is 0.435 e. The number of aromatic nitrogens is 4. The quantitative estimate of drug-likeness (QED) is 0.623. The maximum atomic E-state index is 13.6. The lowest BCUT2D eigenvalue weighted by Gasteiger charge is -2.37. The summed E-state index contributed by atoms with van der Waals surface area (Å²) in [4.78, 5) is 32.0. The molecule has 1 amide bonds. The summed E-state index contributed by atoms with van der Waals surface area (Å²) in [5.74, 6) is -0.876. The second kappa shape index (κ2) is 8.81. The van der Waals surface area contributed by atoms with Crippen LogP contribution in [0.4, 0.5) is 13.2 Å². The van der Waals surface area contributed by atoms with Crippen molar-refractivity contribution < 1.29 is 18.0 Å². The maximum Gasteiger partial charge on any atom is 0.435 e. The molecule has 0 aliphatic heterocycles. The van der Waals surface area contributed by atoms with Crippen LogP contribution in [0.15, 0.2) is 47.7 Å². The Hall–Kier alpha value is -3.08. The monoisotopic (exact) mass is 463 g/mol. The lowest BCUT2D eigenvalue weighted by atomic mass is 9.70. The first-order valence-electron chi connectivity index (χ1n) is 10.1. The zero-order valence-corrected chi connectivity index (χ0v) is 17.7. The predicted octanol–water partition coefficient (Wildman–Crippen LogP) is 3.73. The highest BCUT2D eigenvalue weighted by Gasteiger charge is 2.41. The third-order valence-electron chi connectivity index (χ3n) is 5.66. The van der Waals surface area contributed by atoms with E-state index in [0.717, 1.165) is 48.4 Å². The van der Waals surface area contributed by atoms with Crippen molar-refractivity contribution in [1.29, 1.82) is 0 Å². The van der Waals surface area contributed by atoms with Crippen molar-refractivity contribution in [2.45, 2.75) is 43.7 Å². The second-order valence-electron chi connectivity index (χ2n) is 7.71. The Bertz CT molecular complexity index is 1150. The maximum absolute atomic E-state index is 13.6. The first kappa shape index (κ1) is 22.1. The molecule has 0 aromatic carbocycles. The Balaban J connectivity index is 1.64. The molecule has 1 N–H and O–H groups in total. The first-order chi connectivity index (χ1) is 15.3. The highest BCUT2D eigenvalue weighted by molar-refractivity contribution is 7.16. The fourth-order valence-electron chi connectivity index (χ4n) is 4.05. The van der Waals surface area contributed by atoms with Crippen molar-refractivity contribution in [3.05, 3.63) is 69.3 Å². The summed E-state index contributed by atoms with van der Waals surface area (Å²) in [5, 5.41) is 6.14. The van der Waals surface area contributed by atoms with Gasteiger partial charge in [-0.05, 0) is 30.5 Å². The van der Waals surface area contributed by atoms with E-state index >= 15 is 0 Å². The lowest BCUT2D eigenvalue weighted by Crippen LogP contribution is -2.42. The topological polar surface area (TPSA) is 89.8 Å². The fourth-order valence-corrected chi connectivity index (χ4v) is 5.02. The SMILES string of the molecule is O=C(NCC1(c2cccnc2)CCCCC1)c1sc(-n2ncccc2=O)nc1C(F)(F)F. The van der Waals surface area contributed by atoms with Crippen LogP contribution in [0.5, 0.6) is 0 Å². The number of rotatable bonds is 5. The number of carbonyl (C=O) groups is 1. The van der Waals surface area contributed by atoms with Gasteiger partial charge < -0.3 is 5.32 Å². The second-order valence-corrected chi connectivity index (χ2v) is 8.69. The summed E-state index contributed by atoms with van der Waals surface area (Å²) < 4.78 is 41.6. The van der Waals surface area contributed by atoms with Crippen molar-refractivity contribution in [2.24, 2.45) is 0 Å². The highest BCUT2D eigenvalue weighted by atomic mass is 32.1. The number of hydrogen-bond donors (Lipinski definition) is 1. The van der Waals surface area contributed by atoms with Gasteiger partial charge in [0.2, 0.25) is 5.13 Å². The van der Waals surface area contributed by atoms with Crippen molar-refractivity contribution in [3.63, 3.8) is 0 Å². The molecule has 1 fully saturated rings. The van der Waals surface area contributed by atoms with E-state index in [4.69, 9.17) is 0 Å². The van der Waals surface area contributed by atoms with Crippen LogP contribution in [0.3, 0.4) is 0 Å². The van der Waals surface area contributed by atoms with Gasteiger partial charge in [-0.3, -0.25) is 14.6 Å². The molecule has 7 nitrogen and oxygen atoms in total. The zero-order chi connectivity index (χ0) is 22.8. The number of nitrogens with zero attached hydrogens (tertiary/aromatic N) is 4. The van der Waals surface area contributed by atoms with Crippen LogP contribution in [0, 0.1) is 0 Å². The number of thiazole rings is 1. The van der Waals surface area contributed by atoms with E-state index in [2.05, 4.69) is 20.4 Å². The molecule has 0 radical (unpaired) electrons. The molecule has 0 unspecified atom stereocenters. The van der Waals surface area contributed by atoms with Crippen molar-refractivity contribution in [2.75, 3.05) is 6.54 Å². The number of halogens is 3. The van der Waals surface area contributed by atoms with E-state index in [-0.39, 0.29) is 17.1 Å². The summed E-state index contributed by atoms with van der Waals surface area (Å²) in [7, 11) is 0. The number of amides is 1. The van der Waals surface area contributed by atoms with Crippen LogP contribution in [0.2, 0.25) is 0 Å². The van der Waals surface area contributed by atoms with Crippen LogP contribution < -0.4 is 10.9 Å². The van der Waals surface area contributed by atoms with Gasteiger partial charge in [0.05, 0.1) is 0 Å². The Morgan fingerprint density at radius 3 is 2.56 bits per heavy atom. The summed E-state index contributed by atoms with van der Waals surface area (Å²) in [6.45, 7) is 0.186. The minimum atomic E-state index is -4.86. The van der Waals surface area contributed by atoms with Crippen molar-refractivity contribution in [3.8, 4) is 5.13 Å². The van der Waals surface area contributed by atoms with Gasteiger partial charge in [0.1, 0.15) is 4.88 Å². The van der Waals surface area contributed by atoms with Gasteiger partial charge >= 0.3 is 6.18 Å². The average molecular weight is 463 g/mol. The van der Waals surface area contributed by atoms with Crippen LogP contribution in [-0.4, -0.2) is 32.2 Å². The summed E-state index contributed by atoms with van der Waals surface area (Å²) in [6.07, 6.45) is 4.43. The van der Waals surface area contributed by atoms with Gasteiger partial charge in [-0.25, -0.2) is 4.98 Å². The molecule has 168 valence electrons. The summed E-state index contributed by atoms with van der Waals surface area (Å²) >= 11 is 0.488. The van der Waals surface area contributed by atoms with Gasteiger partial charge in [0.15, 0.2) is 5.69 Å². The molecule has 1 aliphatic carbocycles. The standard InChI is InChI=1S/C21H20F3N5O2S/c22-21(23,24)17-16(32-19(28-17)29-15(30)7-5-11-27-29)18(31)26-13-20(8-2-1-3-9-20)14-6-4-10-25-12-14/h4-7,10-12H,1-3,8-9,13H2,(H,26,31). The number of hydrogen-bond acceptors (Lipinski definition) is 6. The van der Waals surface area contributed by atoms with E-state index in [1.54, 1.807) is 12.4 Å². The molecule has 1 aliphatic rings. The van der Waals surface area contributed by atoms with Crippen LogP contribution in [0.1, 0.15) is 53.0 Å². The zero-order valence-electron chi connectivity index (χ0n) is 16.9. The lowest BCUT2D eigenvalue weighted by molar-refractivity contribution is -0.141. The Morgan fingerprint density at radius 2 is 1.91 bits per heavy atom. The van der Waals surface area contributed by atoms with Gasteiger partial charge in [-0.1, -0.05) is 36.7 Å². The Kier molecular flexibility index (Phi) is 6.09. The van der Waals surface area contributed by atoms with Crippen molar-refractivity contribution >= 4 is 17.2 Å². The molecule has 3 aromatic rings. The molecule has 11 heteroatoms. The minimum absolute atomic E-state index is 0.186. The Labute approximate surface area is 185 Å². The number of pyridine rings is 1. The predicted molar refractivity (Wildman–Crippen MR) is 112 cm³/mol.